The van der Waals surface area contributed by atoms with Gasteiger partial charge in [0.25, 0.3) is 0 Å². The third kappa shape index (κ3) is 3.89. The molecule has 1 N–H and O–H groups in total. The van der Waals surface area contributed by atoms with Crippen molar-refractivity contribution in [3.05, 3.63) is 61.4 Å². The van der Waals surface area contributed by atoms with E-state index in [-0.39, 0.29) is 5.60 Å². The number of morpholine rings is 1. The predicted molar refractivity (Wildman–Crippen MR) is 98.5 cm³/mol. The molecule has 0 aromatic heterocycles. The average Bonchev–Trinajstić information content (AvgIpc) is 2.63. The van der Waals surface area contributed by atoms with Crippen LogP contribution in [0.25, 0.3) is 0 Å². The Hall–Kier alpha value is -2.04. The molecule has 0 unspecified atom stereocenters. The van der Waals surface area contributed by atoms with E-state index in [1.165, 1.54) is 5.69 Å². The van der Waals surface area contributed by atoms with Gasteiger partial charge in [-0.25, -0.2) is 0 Å². The third-order valence-electron chi connectivity index (χ3n) is 4.71. The fraction of sp³-hybridized carbons (Fsp3) is 0.400. The van der Waals surface area contributed by atoms with Crippen LogP contribution in [0.15, 0.2) is 61.4 Å². The number of allylic oxidation sites excluding steroid dienone is 3. The number of ether oxygens (including phenoxy) is 2. The van der Waals surface area contributed by atoms with Crippen LogP contribution in [0.4, 0.5) is 5.69 Å². The molecule has 4 nitrogen and oxygen atoms in total. The Bertz CT molecular complexity index is 608. The molecule has 0 atom stereocenters. The Kier molecular flexibility index (Phi) is 5.38. The van der Waals surface area contributed by atoms with Crippen molar-refractivity contribution in [2.75, 3.05) is 37.7 Å². The normalized spacial score (nSPS) is 20.7. The molecule has 24 heavy (non-hydrogen) atoms. The van der Waals surface area contributed by atoms with Gasteiger partial charge in [0.15, 0.2) is 0 Å². The van der Waals surface area contributed by atoms with Crippen LogP contribution in [0, 0.1) is 0 Å². The topological polar surface area (TPSA) is 33.7 Å². The lowest BCUT2D eigenvalue weighted by Crippen LogP contribution is -2.55. The van der Waals surface area contributed by atoms with E-state index in [4.69, 9.17) is 9.47 Å². The molecule has 0 aliphatic carbocycles. The van der Waals surface area contributed by atoms with Gasteiger partial charge < -0.3 is 19.7 Å². The van der Waals surface area contributed by atoms with Crippen molar-refractivity contribution in [3.8, 4) is 5.75 Å². The lowest BCUT2D eigenvalue weighted by Gasteiger charge is -2.44. The van der Waals surface area contributed by atoms with Crippen molar-refractivity contribution in [3.63, 3.8) is 0 Å². The van der Waals surface area contributed by atoms with Crippen LogP contribution in [0.3, 0.4) is 0 Å². The molecule has 2 aliphatic heterocycles. The number of rotatable bonds is 5. The van der Waals surface area contributed by atoms with Gasteiger partial charge in [-0.05, 0) is 37.1 Å². The van der Waals surface area contributed by atoms with Gasteiger partial charge in [0, 0.05) is 37.9 Å². The number of piperidine rings is 1. The molecule has 3 rings (SSSR count). The van der Waals surface area contributed by atoms with Gasteiger partial charge in [0.05, 0.1) is 12.2 Å². The van der Waals surface area contributed by atoms with Crippen molar-refractivity contribution in [1.29, 1.82) is 0 Å². The molecule has 2 aliphatic rings. The van der Waals surface area contributed by atoms with Gasteiger partial charge in [-0.1, -0.05) is 25.3 Å². The Morgan fingerprint density at radius 2 is 2.12 bits per heavy atom. The summed E-state index contributed by atoms with van der Waals surface area (Å²) in [5.74, 6) is 1.51. The Morgan fingerprint density at radius 1 is 1.29 bits per heavy atom. The largest absolute Gasteiger partial charge is 0.457 e. The monoisotopic (exact) mass is 326 g/mol. The van der Waals surface area contributed by atoms with E-state index in [9.17, 15) is 0 Å². The zero-order valence-electron chi connectivity index (χ0n) is 14.2. The minimum Gasteiger partial charge on any atom is -0.457 e. The highest BCUT2D eigenvalue weighted by molar-refractivity contribution is 5.51. The van der Waals surface area contributed by atoms with Crippen molar-refractivity contribution >= 4 is 5.69 Å². The van der Waals surface area contributed by atoms with Crippen molar-refractivity contribution in [1.82, 2.24) is 5.32 Å². The summed E-state index contributed by atoms with van der Waals surface area (Å²) in [4.78, 5) is 2.40. The molecule has 4 heteroatoms. The first-order valence-electron chi connectivity index (χ1n) is 8.57. The Morgan fingerprint density at radius 3 is 2.79 bits per heavy atom. The molecule has 1 aromatic rings. The van der Waals surface area contributed by atoms with Gasteiger partial charge in [0.2, 0.25) is 0 Å². The summed E-state index contributed by atoms with van der Waals surface area (Å²) in [7, 11) is 0. The Labute approximate surface area is 144 Å². The first-order valence-corrected chi connectivity index (χ1v) is 8.57. The highest BCUT2D eigenvalue weighted by atomic mass is 16.5. The summed E-state index contributed by atoms with van der Waals surface area (Å²) in [6.07, 6.45) is 7.30. The lowest BCUT2D eigenvalue weighted by atomic mass is 9.90. The van der Waals surface area contributed by atoms with Crippen molar-refractivity contribution in [2.45, 2.75) is 18.4 Å². The quantitative estimate of drug-likeness (QED) is 0.665. The molecule has 2 saturated heterocycles. The van der Waals surface area contributed by atoms with E-state index in [1.807, 2.05) is 12.1 Å². The second-order valence-electron chi connectivity index (χ2n) is 6.30. The molecule has 0 amide bonds. The molecule has 0 saturated carbocycles. The van der Waals surface area contributed by atoms with E-state index in [0.29, 0.717) is 5.76 Å². The predicted octanol–water partition coefficient (Wildman–Crippen LogP) is 3.28. The number of hydrogen-bond acceptors (Lipinski definition) is 4. The van der Waals surface area contributed by atoms with Crippen LogP contribution in [-0.2, 0) is 4.74 Å². The maximum atomic E-state index is 6.07. The molecular formula is C20H26N2O2. The SMILES string of the molecule is C=C/C=C(\C=C)Oc1cccc(N2CCC3(CC2)CNCCO3)c1. The first-order chi connectivity index (χ1) is 11.7. The zero-order chi connectivity index (χ0) is 16.8. The lowest BCUT2D eigenvalue weighted by molar-refractivity contribution is -0.0799. The fourth-order valence-electron chi connectivity index (χ4n) is 3.34. The van der Waals surface area contributed by atoms with E-state index in [0.717, 1.165) is 51.4 Å². The first kappa shape index (κ1) is 16.8. The summed E-state index contributed by atoms with van der Waals surface area (Å²) in [6, 6.07) is 8.21. The second kappa shape index (κ2) is 7.69. The van der Waals surface area contributed by atoms with Crippen LogP contribution >= 0.6 is 0 Å². The maximum absolute atomic E-state index is 6.07. The summed E-state index contributed by atoms with van der Waals surface area (Å²) in [6.45, 7) is 12.2. The zero-order valence-corrected chi connectivity index (χ0v) is 14.2. The number of nitrogens with zero attached hydrogens (tertiary/aromatic N) is 1. The van der Waals surface area contributed by atoms with E-state index in [1.54, 1.807) is 18.2 Å². The highest BCUT2D eigenvalue weighted by Gasteiger charge is 2.37. The number of nitrogens with one attached hydrogen (secondary N) is 1. The summed E-state index contributed by atoms with van der Waals surface area (Å²) in [5.41, 5.74) is 1.22. The van der Waals surface area contributed by atoms with Gasteiger partial charge in [-0.2, -0.15) is 0 Å². The maximum Gasteiger partial charge on any atom is 0.129 e. The van der Waals surface area contributed by atoms with Crippen LogP contribution in [0.2, 0.25) is 0 Å². The smallest absolute Gasteiger partial charge is 0.129 e. The molecule has 0 radical (unpaired) electrons. The number of hydrogen-bond donors (Lipinski definition) is 1. The Balaban J connectivity index is 1.65. The van der Waals surface area contributed by atoms with Crippen molar-refractivity contribution in [2.24, 2.45) is 0 Å². The standard InChI is InChI=1S/C20H26N2O2/c1-3-6-18(4-2)24-19-8-5-7-17(15-19)22-12-9-20(10-13-22)16-21-11-14-23-20/h3-8,15,21H,1-2,9-14,16H2/b18-6+. The molecule has 2 fully saturated rings. The van der Waals surface area contributed by atoms with Crippen LogP contribution < -0.4 is 15.0 Å². The van der Waals surface area contributed by atoms with Gasteiger partial charge in [0.1, 0.15) is 11.5 Å². The van der Waals surface area contributed by atoms with Gasteiger partial charge in [-0.3, -0.25) is 0 Å². The summed E-state index contributed by atoms with van der Waals surface area (Å²) >= 11 is 0. The molecule has 1 spiro atoms. The van der Waals surface area contributed by atoms with Gasteiger partial charge in [-0.15, -0.1) is 0 Å². The van der Waals surface area contributed by atoms with Crippen LogP contribution in [0.1, 0.15) is 12.8 Å². The van der Waals surface area contributed by atoms with Crippen molar-refractivity contribution < 1.29 is 9.47 Å². The summed E-state index contributed by atoms with van der Waals surface area (Å²) < 4.78 is 11.9. The molecule has 0 bridgehead atoms. The minimum absolute atomic E-state index is 0.0333. The second-order valence-corrected chi connectivity index (χ2v) is 6.30. The van der Waals surface area contributed by atoms with Gasteiger partial charge >= 0.3 is 0 Å². The van der Waals surface area contributed by atoms with Crippen LogP contribution in [0.5, 0.6) is 5.75 Å². The molecule has 2 heterocycles. The van der Waals surface area contributed by atoms with E-state index >= 15 is 0 Å². The highest BCUT2D eigenvalue weighted by Crippen LogP contribution is 2.31. The molecule has 128 valence electrons. The molecular weight excluding hydrogens is 300 g/mol. The number of benzene rings is 1. The molecule has 1 aromatic carbocycles. The van der Waals surface area contributed by atoms with Crippen LogP contribution in [-0.4, -0.2) is 38.4 Å². The summed E-state index contributed by atoms with van der Waals surface area (Å²) in [5, 5.41) is 3.46. The average molecular weight is 326 g/mol. The van der Waals surface area contributed by atoms with E-state index in [2.05, 4.69) is 35.5 Å². The van der Waals surface area contributed by atoms with E-state index < -0.39 is 0 Å². The third-order valence-corrected chi connectivity index (χ3v) is 4.71. The number of anilines is 1. The minimum atomic E-state index is 0.0333. The fourth-order valence-corrected chi connectivity index (χ4v) is 3.34.